The summed E-state index contributed by atoms with van der Waals surface area (Å²) in [5.41, 5.74) is 0. The summed E-state index contributed by atoms with van der Waals surface area (Å²) in [5.74, 6) is -2.80. The molecule has 0 aliphatic heterocycles. The summed E-state index contributed by atoms with van der Waals surface area (Å²) in [6.45, 7) is 0. The van der Waals surface area contributed by atoms with Crippen LogP contribution in [0.4, 0.5) is 4.39 Å². The van der Waals surface area contributed by atoms with Crippen LogP contribution in [-0.2, 0) is 9.59 Å². The van der Waals surface area contributed by atoms with E-state index in [9.17, 15) is 14.0 Å². The lowest BCUT2D eigenvalue weighted by atomic mass is 9.97. The molecule has 2 N–H and O–H groups in total. The fraction of sp³-hybridized carbons (Fsp3) is 0.818. The summed E-state index contributed by atoms with van der Waals surface area (Å²) in [7, 11) is 0. The van der Waals surface area contributed by atoms with Gasteiger partial charge >= 0.3 is 11.9 Å². The Labute approximate surface area is 156 Å². The first-order chi connectivity index (χ1) is 10.0. The Kier molecular flexibility index (Phi) is 10.8. The van der Waals surface area contributed by atoms with Gasteiger partial charge in [-0.1, -0.05) is 0 Å². The van der Waals surface area contributed by atoms with E-state index in [1.165, 1.54) is 0 Å². The first-order valence-corrected chi connectivity index (χ1v) is 8.55. The first kappa shape index (κ1) is 22.6. The predicted molar refractivity (Wildman–Crippen MR) is 87.2 cm³/mol. The molecule has 1 aliphatic rings. The maximum Gasteiger partial charge on any atom is 0.338 e. The zero-order valence-corrected chi connectivity index (χ0v) is 15.3. The van der Waals surface area contributed by atoms with E-state index < -0.39 is 63.2 Å². The average molecular weight is 441 g/mol. The van der Waals surface area contributed by atoms with Gasteiger partial charge in [0, 0.05) is 6.42 Å². The Hall–Kier alpha value is 0.610. The van der Waals surface area contributed by atoms with E-state index in [1.807, 2.05) is 0 Å². The molecular weight excluding hydrogens is 428 g/mol. The molecule has 0 saturated heterocycles. The van der Waals surface area contributed by atoms with E-state index >= 15 is 0 Å². The monoisotopic (exact) mass is 438 g/mol. The Bertz CT molecular complexity index is 329. The molecule has 0 aromatic heterocycles. The van der Waals surface area contributed by atoms with Crippen molar-refractivity contribution in [3.8, 4) is 0 Å². The Morgan fingerprint density at radius 1 is 0.818 bits per heavy atom. The van der Waals surface area contributed by atoms with Crippen LogP contribution in [0.2, 0.25) is 0 Å². The van der Waals surface area contributed by atoms with Crippen LogP contribution in [0, 0.1) is 0 Å². The van der Waals surface area contributed by atoms with E-state index in [4.69, 9.17) is 79.8 Å². The zero-order chi connectivity index (χ0) is 17.6. The fourth-order valence-electron chi connectivity index (χ4n) is 1.43. The molecule has 4 nitrogen and oxygen atoms in total. The molecule has 1 atom stereocenters. The molecule has 0 radical (unpaired) electrons. The minimum atomic E-state index is -2.06. The normalized spacial score (nSPS) is 36.0. The molecule has 1 saturated carbocycles. The van der Waals surface area contributed by atoms with Crippen molar-refractivity contribution in [2.24, 2.45) is 0 Å². The van der Waals surface area contributed by atoms with Gasteiger partial charge in [-0.15, -0.1) is 69.6 Å². The third kappa shape index (κ3) is 7.02. The molecule has 1 fully saturated rings. The van der Waals surface area contributed by atoms with Crippen LogP contribution in [0.15, 0.2) is 0 Å². The van der Waals surface area contributed by atoms with E-state index in [0.29, 0.717) is 0 Å². The summed E-state index contributed by atoms with van der Waals surface area (Å²) in [6, 6.07) is 0. The summed E-state index contributed by atoms with van der Waals surface area (Å²) in [4.78, 5) is 19.5. The molecule has 0 aromatic carbocycles. The molecule has 1 rings (SSSR count). The molecule has 0 heterocycles. The van der Waals surface area contributed by atoms with Crippen molar-refractivity contribution in [3.63, 3.8) is 0 Å². The lowest BCUT2D eigenvalue weighted by Gasteiger charge is -2.37. The molecule has 22 heavy (non-hydrogen) atoms. The van der Waals surface area contributed by atoms with Crippen molar-refractivity contribution >= 4 is 81.5 Å². The SMILES string of the molecule is ClC1C(Cl)C(Cl)C(Cl)C(Cl)C1Cl.O=C(O)CCC(F)C(=O)O. The first-order valence-electron chi connectivity index (χ1n) is 5.93. The lowest BCUT2D eigenvalue weighted by Crippen LogP contribution is -2.52. The van der Waals surface area contributed by atoms with E-state index in [-0.39, 0.29) is 0 Å². The van der Waals surface area contributed by atoms with Gasteiger partial charge in [-0.3, -0.25) is 4.79 Å². The van der Waals surface area contributed by atoms with Crippen molar-refractivity contribution in [3.05, 3.63) is 0 Å². The van der Waals surface area contributed by atoms with Crippen molar-refractivity contribution < 1.29 is 24.2 Å². The minimum absolute atomic E-state index is 0.437. The summed E-state index contributed by atoms with van der Waals surface area (Å²) in [5, 5.41) is 13.3. The van der Waals surface area contributed by atoms with Gasteiger partial charge in [0.1, 0.15) is 0 Å². The fourth-order valence-corrected chi connectivity index (χ4v) is 3.76. The molecule has 130 valence electrons. The van der Waals surface area contributed by atoms with Gasteiger partial charge < -0.3 is 10.2 Å². The molecule has 0 amide bonds. The number of carboxylic acids is 2. The quantitative estimate of drug-likeness (QED) is 0.650. The van der Waals surface area contributed by atoms with Crippen molar-refractivity contribution in [1.29, 1.82) is 0 Å². The van der Waals surface area contributed by atoms with Gasteiger partial charge in [0.15, 0.2) is 6.17 Å². The minimum Gasteiger partial charge on any atom is -0.481 e. The lowest BCUT2D eigenvalue weighted by molar-refractivity contribution is -0.143. The highest BCUT2D eigenvalue weighted by atomic mass is 35.5. The highest BCUT2D eigenvalue weighted by Crippen LogP contribution is 2.39. The van der Waals surface area contributed by atoms with Crippen LogP contribution < -0.4 is 0 Å². The van der Waals surface area contributed by atoms with Gasteiger partial charge in [0.25, 0.3) is 0 Å². The molecule has 11 heteroatoms. The number of hydrogen-bond acceptors (Lipinski definition) is 2. The number of halogens is 7. The van der Waals surface area contributed by atoms with Gasteiger partial charge in [-0.25, -0.2) is 9.18 Å². The average Bonchev–Trinajstić information content (AvgIpc) is 2.47. The largest absolute Gasteiger partial charge is 0.481 e. The van der Waals surface area contributed by atoms with Crippen LogP contribution in [0.5, 0.6) is 0 Å². The second-order valence-electron chi connectivity index (χ2n) is 4.40. The molecule has 0 spiro atoms. The van der Waals surface area contributed by atoms with E-state index in [0.717, 1.165) is 0 Å². The van der Waals surface area contributed by atoms with Crippen molar-refractivity contribution in [2.75, 3.05) is 0 Å². The smallest absolute Gasteiger partial charge is 0.338 e. The van der Waals surface area contributed by atoms with Crippen LogP contribution >= 0.6 is 69.6 Å². The number of rotatable bonds is 4. The second-order valence-corrected chi connectivity index (χ2v) is 7.43. The van der Waals surface area contributed by atoms with Crippen LogP contribution in [0.1, 0.15) is 12.8 Å². The molecule has 0 bridgehead atoms. The second kappa shape index (κ2) is 10.5. The van der Waals surface area contributed by atoms with Crippen LogP contribution in [-0.4, -0.2) is 60.6 Å². The Morgan fingerprint density at radius 3 is 1.27 bits per heavy atom. The molecular formula is C11H13Cl6FO4. The maximum atomic E-state index is 12.0. The number of hydrogen-bond donors (Lipinski definition) is 2. The maximum absolute atomic E-state index is 12.0. The third-order valence-corrected chi connectivity index (χ3v) is 6.74. The topological polar surface area (TPSA) is 74.6 Å². The predicted octanol–water partition coefficient (Wildman–Crippen LogP) is 3.92. The standard InChI is InChI=1S/C6H6Cl6.C5H7FO4/c7-1-2(8)4(10)6(12)5(11)3(1)9;6-3(5(9)10)1-2-4(7)8/h1-6H;3H,1-2H2,(H,7,8)(H,9,10). The van der Waals surface area contributed by atoms with Gasteiger partial charge in [-0.05, 0) is 6.42 Å². The van der Waals surface area contributed by atoms with Crippen molar-refractivity contribution in [2.45, 2.75) is 51.3 Å². The summed E-state index contributed by atoms with van der Waals surface area (Å²) < 4.78 is 12.0. The zero-order valence-electron chi connectivity index (χ0n) is 10.8. The highest BCUT2D eigenvalue weighted by Gasteiger charge is 2.46. The van der Waals surface area contributed by atoms with Crippen LogP contribution in [0.3, 0.4) is 0 Å². The molecule has 1 unspecified atom stereocenters. The number of carboxylic acid groups (broad SMARTS) is 2. The van der Waals surface area contributed by atoms with Gasteiger partial charge in [0.05, 0.1) is 32.3 Å². The highest BCUT2D eigenvalue weighted by molar-refractivity contribution is 6.45. The molecule has 1 aliphatic carbocycles. The van der Waals surface area contributed by atoms with Gasteiger partial charge in [0.2, 0.25) is 0 Å². The number of carbonyl (C=O) groups is 2. The number of alkyl halides is 7. The number of aliphatic carboxylic acids is 2. The third-order valence-electron chi connectivity index (χ3n) is 2.70. The van der Waals surface area contributed by atoms with Crippen LogP contribution in [0.25, 0.3) is 0 Å². The van der Waals surface area contributed by atoms with E-state index in [2.05, 4.69) is 0 Å². The summed E-state index contributed by atoms with van der Waals surface area (Å²) >= 11 is 35.3. The van der Waals surface area contributed by atoms with Gasteiger partial charge in [-0.2, -0.15) is 0 Å². The Morgan fingerprint density at radius 2 is 1.09 bits per heavy atom. The summed E-state index contributed by atoms with van der Waals surface area (Å²) in [6.07, 6.45) is -2.98. The Balaban J connectivity index is 0.000000409. The van der Waals surface area contributed by atoms with Crippen molar-refractivity contribution in [1.82, 2.24) is 0 Å². The van der Waals surface area contributed by atoms with E-state index in [1.54, 1.807) is 0 Å². The molecule has 0 aromatic rings.